The number of aliphatic hydroxyl groups excluding tert-OH is 1. The molecule has 1 aromatic rings. The van der Waals surface area contributed by atoms with E-state index in [9.17, 15) is 10.2 Å². The Morgan fingerprint density at radius 2 is 2.16 bits per heavy atom. The Bertz CT molecular complexity index is 410. The maximum absolute atomic E-state index is 10.3. The van der Waals surface area contributed by atoms with E-state index < -0.39 is 5.60 Å². The van der Waals surface area contributed by atoms with Crippen molar-refractivity contribution in [2.24, 2.45) is 11.7 Å². The van der Waals surface area contributed by atoms with E-state index in [1.807, 2.05) is 24.3 Å². The highest BCUT2D eigenvalue weighted by molar-refractivity contribution is 5.32. The number of hydrogen-bond acceptors (Lipinski definition) is 4. The van der Waals surface area contributed by atoms with Crippen molar-refractivity contribution in [2.75, 3.05) is 13.2 Å². The van der Waals surface area contributed by atoms with Crippen LogP contribution in [0.15, 0.2) is 24.3 Å². The fraction of sp³-hybridized carbons (Fsp3) is 0.600. The molecule has 0 aliphatic heterocycles. The molecule has 0 heterocycles. The molecule has 1 aliphatic carbocycles. The van der Waals surface area contributed by atoms with Gasteiger partial charge in [-0.15, -0.1) is 0 Å². The van der Waals surface area contributed by atoms with Crippen molar-refractivity contribution in [1.82, 2.24) is 0 Å². The van der Waals surface area contributed by atoms with Crippen molar-refractivity contribution in [3.63, 3.8) is 0 Å². The Labute approximate surface area is 114 Å². The Hall–Kier alpha value is -1.10. The number of rotatable bonds is 6. The molecule has 2 unspecified atom stereocenters. The van der Waals surface area contributed by atoms with Crippen LogP contribution >= 0.6 is 0 Å². The summed E-state index contributed by atoms with van der Waals surface area (Å²) < 4.78 is 5.72. The lowest BCUT2D eigenvalue weighted by Crippen LogP contribution is -2.41. The van der Waals surface area contributed by atoms with E-state index in [0.717, 1.165) is 37.0 Å². The average Bonchev–Trinajstić information content (AvgIpc) is 2.81. The molecule has 4 N–H and O–H groups in total. The second-order valence-corrected chi connectivity index (χ2v) is 5.30. The summed E-state index contributed by atoms with van der Waals surface area (Å²) >= 11 is 0. The van der Waals surface area contributed by atoms with Gasteiger partial charge >= 0.3 is 0 Å². The van der Waals surface area contributed by atoms with Crippen LogP contribution < -0.4 is 10.5 Å². The molecule has 1 saturated carbocycles. The molecule has 106 valence electrons. The van der Waals surface area contributed by atoms with E-state index in [1.54, 1.807) is 0 Å². The predicted molar refractivity (Wildman–Crippen MR) is 73.8 cm³/mol. The molecule has 0 spiro atoms. The molecule has 2 rings (SSSR count). The minimum Gasteiger partial charge on any atom is -0.493 e. The van der Waals surface area contributed by atoms with E-state index in [4.69, 9.17) is 10.5 Å². The van der Waals surface area contributed by atoms with Gasteiger partial charge in [0.05, 0.1) is 18.8 Å². The summed E-state index contributed by atoms with van der Waals surface area (Å²) in [5.74, 6) is 0.943. The molecule has 0 saturated heterocycles. The normalized spacial score (nSPS) is 26.6. The van der Waals surface area contributed by atoms with Gasteiger partial charge in [-0.3, -0.25) is 0 Å². The summed E-state index contributed by atoms with van der Waals surface area (Å²) in [5, 5.41) is 19.6. The number of aliphatic hydroxyl groups is 2. The van der Waals surface area contributed by atoms with Crippen molar-refractivity contribution in [3.8, 4) is 5.75 Å². The zero-order chi connectivity index (χ0) is 13.7. The van der Waals surface area contributed by atoms with Crippen LogP contribution in [0.1, 0.15) is 31.2 Å². The number of ether oxygens (including phenoxy) is 1. The third-order valence-corrected chi connectivity index (χ3v) is 4.14. The minimum atomic E-state index is -0.708. The second-order valence-electron chi connectivity index (χ2n) is 5.30. The fourth-order valence-corrected chi connectivity index (χ4v) is 2.90. The first-order chi connectivity index (χ1) is 9.19. The third kappa shape index (κ3) is 3.26. The van der Waals surface area contributed by atoms with Gasteiger partial charge in [0.1, 0.15) is 5.75 Å². The second kappa shape index (κ2) is 6.37. The molecule has 0 amide bonds. The van der Waals surface area contributed by atoms with Gasteiger partial charge in [0.25, 0.3) is 0 Å². The van der Waals surface area contributed by atoms with Crippen molar-refractivity contribution in [1.29, 1.82) is 0 Å². The molecule has 2 atom stereocenters. The third-order valence-electron chi connectivity index (χ3n) is 4.14. The van der Waals surface area contributed by atoms with E-state index in [-0.39, 0.29) is 12.5 Å². The molecule has 1 aliphatic rings. The van der Waals surface area contributed by atoms with E-state index in [1.165, 1.54) is 0 Å². The van der Waals surface area contributed by atoms with E-state index in [2.05, 4.69) is 0 Å². The molecule has 4 nitrogen and oxygen atoms in total. The molecule has 0 radical (unpaired) electrons. The van der Waals surface area contributed by atoms with Gasteiger partial charge in [0.15, 0.2) is 0 Å². The minimum absolute atomic E-state index is 0.0215. The Balaban J connectivity index is 1.86. The first kappa shape index (κ1) is 14.3. The van der Waals surface area contributed by atoms with Crippen molar-refractivity contribution < 1.29 is 14.9 Å². The summed E-state index contributed by atoms with van der Waals surface area (Å²) in [7, 11) is 0. The summed E-state index contributed by atoms with van der Waals surface area (Å²) in [6.45, 7) is 0.848. The molecular weight excluding hydrogens is 242 g/mol. The van der Waals surface area contributed by atoms with Crippen LogP contribution in [-0.4, -0.2) is 29.0 Å². The quantitative estimate of drug-likeness (QED) is 0.727. The van der Waals surface area contributed by atoms with Crippen LogP contribution in [0.4, 0.5) is 0 Å². The van der Waals surface area contributed by atoms with Gasteiger partial charge in [-0.2, -0.15) is 0 Å². The number of para-hydroxylation sites is 1. The maximum Gasteiger partial charge on any atom is 0.124 e. The molecule has 1 fully saturated rings. The monoisotopic (exact) mass is 265 g/mol. The maximum atomic E-state index is 10.3. The number of benzene rings is 1. The van der Waals surface area contributed by atoms with Gasteiger partial charge in [0, 0.05) is 12.1 Å². The highest BCUT2D eigenvalue weighted by atomic mass is 16.5. The average molecular weight is 265 g/mol. The fourth-order valence-electron chi connectivity index (χ4n) is 2.90. The summed E-state index contributed by atoms with van der Waals surface area (Å²) in [5.41, 5.74) is 5.75. The van der Waals surface area contributed by atoms with Crippen molar-refractivity contribution in [2.45, 2.75) is 37.9 Å². The zero-order valence-electron chi connectivity index (χ0n) is 11.2. The molecule has 1 aromatic carbocycles. The lowest BCUT2D eigenvalue weighted by Gasteiger charge is -2.28. The highest BCUT2D eigenvalue weighted by Crippen LogP contribution is 2.37. The molecule has 0 aromatic heterocycles. The van der Waals surface area contributed by atoms with E-state index in [0.29, 0.717) is 13.2 Å². The Kier molecular flexibility index (Phi) is 4.80. The van der Waals surface area contributed by atoms with Crippen molar-refractivity contribution >= 4 is 0 Å². The van der Waals surface area contributed by atoms with E-state index >= 15 is 0 Å². The van der Waals surface area contributed by atoms with Crippen LogP contribution in [0.2, 0.25) is 0 Å². The molecule has 0 bridgehead atoms. The Morgan fingerprint density at radius 3 is 2.89 bits per heavy atom. The highest BCUT2D eigenvalue weighted by Gasteiger charge is 2.39. The van der Waals surface area contributed by atoms with Crippen molar-refractivity contribution in [3.05, 3.63) is 29.8 Å². The first-order valence-corrected chi connectivity index (χ1v) is 6.93. The van der Waals surface area contributed by atoms with Crippen LogP contribution in [-0.2, 0) is 6.61 Å². The number of nitrogens with two attached hydrogens (primary N) is 1. The van der Waals surface area contributed by atoms with Gasteiger partial charge in [-0.25, -0.2) is 0 Å². The van der Waals surface area contributed by atoms with Gasteiger partial charge in [0.2, 0.25) is 0 Å². The summed E-state index contributed by atoms with van der Waals surface area (Å²) in [6.07, 6.45) is 3.64. The Morgan fingerprint density at radius 1 is 1.37 bits per heavy atom. The largest absolute Gasteiger partial charge is 0.493 e. The topological polar surface area (TPSA) is 75.7 Å². The molecular formula is C15H23NO3. The van der Waals surface area contributed by atoms with Crippen LogP contribution in [0, 0.1) is 5.92 Å². The zero-order valence-corrected chi connectivity index (χ0v) is 11.2. The SMILES string of the molecule is NCC1(O)CCCC1CCOc1ccccc1CO. The lowest BCUT2D eigenvalue weighted by molar-refractivity contribution is 0.00347. The molecule has 19 heavy (non-hydrogen) atoms. The lowest BCUT2D eigenvalue weighted by atomic mass is 9.88. The van der Waals surface area contributed by atoms with Gasteiger partial charge in [-0.05, 0) is 31.2 Å². The predicted octanol–water partition coefficient (Wildman–Crippen LogP) is 1.44. The smallest absolute Gasteiger partial charge is 0.124 e. The number of hydrogen-bond donors (Lipinski definition) is 3. The standard InChI is InChI=1S/C15H23NO3/c16-11-15(18)8-3-5-13(15)7-9-19-14-6-2-1-4-12(14)10-17/h1-2,4,6,13,17-18H,3,5,7-11,16H2. The van der Waals surface area contributed by atoms with Crippen LogP contribution in [0.3, 0.4) is 0 Å². The molecule has 4 heteroatoms. The first-order valence-electron chi connectivity index (χ1n) is 6.93. The summed E-state index contributed by atoms with van der Waals surface area (Å²) in [4.78, 5) is 0. The summed E-state index contributed by atoms with van der Waals surface area (Å²) in [6, 6.07) is 7.47. The van der Waals surface area contributed by atoms with Gasteiger partial charge in [-0.1, -0.05) is 24.6 Å². The van der Waals surface area contributed by atoms with Crippen LogP contribution in [0.25, 0.3) is 0 Å². The van der Waals surface area contributed by atoms with Crippen LogP contribution in [0.5, 0.6) is 5.75 Å². The van der Waals surface area contributed by atoms with Gasteiger partial charge < -0.3 is 20.7 Å².